The number of hydrogen-bond donors (Lipinski definition) is 0. The summed E-state index contributed by atoms with van der Waals surface area (Å²) in [6.07, 6.45) is 0. The summed E-state index contributed by atoms with van der Waals surface area (Å²) in [5.74, 6) is 0.768. The molecule has 0 bridgehead atoms. The molecule has 0 heteroatoms. The second kappa shape index (κ2) is 5.35. The fraction of sp³-hybridized carbons (Fsp3) is 0.0833. The fourth-order valence-corrected chi connectivity index (χ4v) is 4.34. The van der Waals surface area contributed by atoms with Gasteiger partial charge in [-0.3, -0.25) is 0 Å². The summed E-state index contributed by atoms with van der Waals surface area (Å²) in [6, 6.07) is 35.4. The van der Waals surface area contributed by atoms with Gasteiger partial charge in [0.25, 0.3) is 0 Å². The molecule has 1 aliphatic rings. The summed E-state index contributed by atoms with van der Waals surface area (Å²) in [5, 5.41) is 2.80. The fourth-order valence-electron chi connectivity index (χ4n) is 4.34. The third kappa shape index (κ3) is 1.93. The van der Waals surface area contributed by atoms with Gasteiger partial charge in [-0.15, -0.1) is 0 Å². The van der Waals surface area contributed by atoms with Gasteiger partial charge in [0.2, 0.25) is 0 Å². The van der Waals surface area contributed by atoms with Crippen molar-refractivity contribution in [2.45, 2.75) is 11.8 Å². The first kappa shape index (κ1) is 13.6. The molecule has 114 valence electrons. The first-order chi connectivity index (χ1) is 11.9. The molecule has 0 heterocycles. The molecule has 0 unspecified atom stereocenters. The second-order valence-electron chi connectivity index (χ2n) is 6.57. The van der Waals surface area contributed by atoms with E-state index in [2.05, 4.69) is 97.1 Å². The molecule has 24 heavy (non-hydrogen) atoms. The molecule has 0 amide bonds. The van der Waals surface area contributed by atoms with E-state index in [9.17, 15) is 0 Å². The van der Waals surface area contributed by atoms with Gasteiger partial charge in [0.15, 0.2) is 0 Å². The van der Waals surface area contributed by atoms with Gasteiger partial charge in [-0.05, 0) is 33.0 Å². The predicted octanol–water partition coefficient (Wildman–Crippen LogP) is 6.12. The van der Waals surface area contributed by atoms with Crippen LogP contribution in [0.5, 0.6) is 0 Å². The summed E-state index contributed by atoms with van der Waals surface area (Å²) in [7, 11) is 0. The first-order valence-corrected chi connectivity index (χ1v) is 8.55. The molecule has 0 radical (unpaired) electrons. The zero-order chi connectivity index (χ0) is 15.9. The van der Waals surface area contributed by atoms with E-state index >= 15 is 0 Å². The van der Waals surface area contributed by atoms with E-state index in [0.29, 0.717) is 11.8 Å². The van der Waals surface area contributed by atoms with E-state index < -0.39 is 0 Å². The molecule has 4 aromatic carbocycles. The third-order valence-electron chi connectivity index (χ3n) is 5.29. The van der Waals surface area contributed by atoms with Crippen LogP contribution in [0.15, 0.2) is 97.1 Å². The van der Waals surface area contributed by atoms with Crippen molar-refractivity contribution < 1.29 is 0 Å². The van der Waals surface area contributed by atoms with Crippen LogP contribution >= 0.6 is 0 Å². The van der Waals surface area contributed by atoms with Gasteiger partial charge < -0.3 is 0 Å². The predicted molar refractivity (Wildman–Crippen MR) is 101 cm³/mol. The Kier molecular flexibility index (Phi) is 3.02. The van der Waals surface area contributed by atoms with Crippen LogP contribution in [-0.2, 0) is 0 Å². The molecule has 5 rings (SSSR count). The second-order valence-corrected chi connectivity index (χ2v) is 6.57. The van der Waals surface area contributed by atoms with Crippen LogP contribution in [0.25, 0.3) is 10.8 Å². The highest BCUT2D eigenvalue weighted by Crippen LogP contribution is 2.52. The lowest BCUT2D eigenvalue weighted by Crippen LogP contribution is -2.08. The zero-order valence-corrected chi connectivity index (χ0v) is 13.4. The quantitative estimate of drug-likeness (QED) is 0.418. The minimum Gasteiger partial charge on any atom is -0.0622 e. The van der Waals surface area contributed by atoms with Crippen LogP contribution in [0.1, 0.15) is 34.1 Å². The Morgan fingerprint density at radius 3 is 1.33 bits per heavy atom. The standard InChI is InChI=1S/C24H18/c1-3-9-18(10-4-1)23-20-15-7-13-17-14-8-16-21(22(17)20)24(23)19-11-5-2-6-12-19/h1-16,23-24H/t23-,24-/m1/s1. The van der Waals surface area contributed by atoms with Gasteiger partial charge in [-0.2, -0.15) is 0 Å². The maximum Gasteiger partial charge on any atom is 0.0205 e. The molecule has 0 saturated heterocycles. The summed E-state index contributed by atoms with van der Waals surface area (Å²) in [5.41, 5.74) is 5.72. The molecular formula is C24H18. The van der Waals surface area contributed by atoms with Crippen LogP contribution in [0.4, 0.5) is 0 Å². The van der Waals surface area contributed by atoms with Crippen molar-refractivity contribution in [3.63, 3.8) is 0 Å². The van der Waals surface area contributed by atoms with E-state index in [1.807, 2.05) is 0 Å². The third-order valence-corrected chi connectivity index (χ3v) is 5.29. The lowest BCUT2D eigenvalue weighted by molar-refractivity contribution is 0.729. The highest BCUT2D eigenvalue weighted by molar-refractivity contribution is 5.93. The minimum atomic E-state index is 0.384. The maximum atomic E-state index is 2.31. The number of benzene rings is 4. The Bertz CT molecular complexity index is 920. The molecule has 0 spiro atoms. The van der Waals surface area contributed by atoms with E-state index in [1.165, 1.54) is 33.0 Å². The van der Waals surface area contributed by atoms with E-state index in [1.54, 1.807) is 0 Å². The summed E-state index contributed by atoms with van der Waals surface area (Å²) in [4.78, 5) is 0. The molecule has 0 N–H and O–H groups in total. The Morgan fingerprint density at radius 1 is 0.417 bits per heavy atom. The maximum absolute atomic E-state index is 2.31. The molecule has 1 aliphatic carbocycles. The molecule has 0 saturated carbocycles. The topological polar surface area (TPSA) is 0 Å². The normalized spacial score (nSPS) is 18.8. The van der Waals surface area contributed by atoms with Gasteiger partial charge in [0.1, 0.15) is 0 Å². The smallest absolute Gasteiger partial charge is 0.0205 e. The lowest BCUT2D eigenvalue weighted by Gasteiger charge is -2.23. The number of rotatable bonds is 2. The minimum absolute atomic E-state index is 0.384. The van der Waals surface area contributed by atoms with Crippen molar-refractivity contribution in [3.05, 3.63) is 119 Å². The summed E-state index contributed by atoms with van der Waals surface area (Å²) < 4.78 is 0. The number of hydrogen-bond acceptors (Lipinski definition) is 0. The van der Waals surface area contributed by atoms with Gasteiger partial charge in [0, 0.05) is 11.8 Å². The highest BCUT2D eigenvalue weighted by atomic mass is 14.4. The Balaban J connectivity index is 1.83. The van der Waals surface area contributed by atoms with Crippen molar-refractivity contribution in [2.75, 3.05) is 0 Å². The molecule has 2 atom stereocenters. The van der Waals surface area contributed by atoms with Crippen molar-refractivity contribution >= 4 is 10.8 Å². The molecule has 0 aliphatic heterocycles. The molecule has 4 aromatic rings. The monoisotopic (exact) mass is 306 g/mol. The van der Waals surface area contributed by atoms with E-state index in [4.69, 9.17) is 0 Å². The Labute approximate surface area is 142 Å². The molecule has 0 aromatic heterocycles. The Hall–Kier alpha value is -2.86. The van der Waals surface area contributed by atoms with Gasteiger partial charge >= 0.3 is 0 Å². The molecular weight excluding hydrogens is 288 g/mol. The van der Waals surface area contributed by atoms with Crippen molar-refractivity contribution in [3.8, 4) is 0 Å². The van der Waals surface area contributed by atoms with Crippen LogP contribution < -0.4 is 0 Å². The summed E-state index contributed by atoms with van der Waals surface area (Å²) in [6.45, 7) is 0. The zero-order valence-electron chi connectivity index (χ0n) is 13.4. The van der Waals surface area contributed by atoms with Crippen LogP contribution in [0, 0.1) is 0 Å². The average molecular weight is 306 g/mol. The van der Waals surface area contributed by atoms with Crippen molar-refractivity contribution in [2.24, 2.45) is 0 Å². The van der Waals surface area contributed by atoms with E-state index in [0.717, 1.165) is 0 Å². The average Bonchev–Trinajstić information content (AvgIpc) is 3.00. The van der Waals surface area contributed by atoms with Crippen molar-refractivity contribution in [1.82, 2.24) is 0 Å². The first-order valence-electron chi connectivity index (χ1n) is 8.55. The van der Waals surface area contributed by atoms with Crippen LogP contribution in [-0.4, -0.2) is 0 Å². The van der Waals surface area contributed by atoms with Crippen LogP contribution in [0.2, 0.25) is 0 Å². The Morgan fingerprint density at radius 2 is 0.875 bits per heavy atom. The molecule has 0 nitrogen and oxygen atoms in total. The van der Waals surface area contributed by atoms with Gasteiger partial charge in [-0.1, -0.05) is 97.1 Å². The SMILES string of the molecule is c1ccc([C@@H]2c3cccc4cccc(c34)[C@H]2c2ccccc2)cc1. The van der Waals surface area contributed by atoms with E-state index in [-0.39, 0.29) is 0 Å². The summed E-state index contributed by atoms with van der Waals surface area (Å²) >= 11 is 0. The lowest BCUT2D eigenvalue weighted by atomic mass is 9.80. The van der Waals surface area contributed by atoms with Crippen molar-refractivity contribution in [1.29, 1.82) is 0 Å². The van der Waals surface area contributed by atoms with Gasteiger partial charge in [0.05, 0.1) is 0 Å². The van der Waals surface area contributed by atoms with Crippen LogP contribution in [0.3, 0.4) is 0 Å². The highest BCUT2D eigenvalue weighted by Gasteiger charge is 2.35. The largest absolute Gasteiger partial charge is 0.0622 e. The molecule has 0 fully saturated rings. The van der Waals surface area contributed by atoms with Gasteiger partial charge in [-0.25, -0.2) is 0 Å².